The van der Waals surface area contributed by atoms with Crippen LogP contribution in [0.15, 0.2) is 122 Å². The summed E-state index contributed by atoms with van der Waals surface area (Å²) in [6, 6.07) is -1.01. The maximum absolute atomic E-state index is 13.4. The van der Waals surface area contributed by atoms with Crippen LogP contribution in [-0.2, 0) is 33.2 Å². The third-order valence-corrected chi connectivity index (χ3v) is 16.2. The summed E-state index contributed by atoms with van der Waals surface area (Å²) in [5, 5.41) is 120. The number of ether oxygens (including phenoxy) is 6. The summed E-state index contributed by atoms with van der Waals surface area (Å²) in [6.45, 7) is 1.54. The molecule has 0 aromatic heterocycles. The number of carbonyl (C=O) groups excluding carboxylic acids is 1. The van der Waals surface area contributed by atoms with Crippen LogP contribution in [0.25, 0.3) is 0 Å². The van der Waals surface area contributed by atoms with E-state index in [-0.39, 0.29) is 18.9 Å². The molecule has 3 rings (SSSR count). The Balaban J connectivity index is 1.42. The fourth-order valence-electron chi connectivity index (χ4n) is 10.7. The van der Waals surface area contributed by atoms with Gasteiger partial charge in [0.15, 0.2) is 18.9 Å². The molecule has 0 saturated carbocycles. The van der Waals surface area contributed by atoms with Crippen molar-refractivity contribution >= 4 is 5.91 Å². The predicted molar refractivity (Wildman–Crippen MR) is 355 cm³/mol. The van der Waals surface area contributed by atoms with Gasteiger partial charge in [-0.1, -0.05) is 206 Å². The zero-order valence-electron chi connectivity index (χ0n) is 54.8. The molecule has 3 fully saturated rings. The number of carbonyl (C=O) groups is 1. The molecule has 0 spiro atoms. The van der Waals surface area contributed by atoms with Gasteiger partial charge in [0.25, 0.3) is 0 Å². The molecule has 91 heavy (non-hydrogen) atoms. The van der Waals surface area contributed by atoms with Crippen LogP contribution in [-0.4, -0.2) is 193 Å². The molecule has 520 valence electrons. The van der Waals surface area contributed by atoms with E-state index in [1.165, 1.54) is 57.8 Å². The smallest absolute Gasteiger partial charge is 0.220 e. The minimum absolute atomic E-state index is 0.216. The number of unbranched alkanes of at least 4 members (excludes halogenated alkanes) is 16. The maximum Gasteiger partial charge on any atom is 0.220 e. The summed E-state index contributed by atoms with van der Waals surface area (Å²) >= 11 is 0. The highest BCUT2D eigenvalue weighted by molar-refractivity contribution is 5.76. The summed E-state index contributed by atoms with van der Waals surface area (Å²) in [6.07, 6.45) is 44.6. The standard InChI is InChI=1S/C72H119NO18/c1-3-5-7-9-11-13-15-17-19-20-21-22-23-24-25-26-27-28-29-30-31-32-33-34-36-38-40-42-44-46-48-50-60(78)73-55(56(77)49-47-45-43-41-39-37-35-18-16-14-12-10-8-6-4-2)54-86-70-66(84)63(81)68(58(52-75)88-70)91-72-67(85)64(82)69(59(53-76)89-72)90-71-65(83)62(80)61(79)57(51-74)87-71/h5,7,11,13,16-19,21-22,24-25,27-28,30-31,39,41,47,49,55-59,61-72,74-77,79-85H,3-4,6,8-10,12,14-15,20,23,26,29,32-38,40,42-46,48,50-54H2,1-2H3,(H,73,78)/b7-5-,13-11-,18-16+,19-17-,22-21-,25-24-,28-27-,31-30-,41-39+,49-47+. The minimum Gasteiger partial charge on any atom is -0.394 e. The number of aliphatic hydroxyl groups is 11. The van der Waals surface area contributed by atoms with Gasteiger partial charge in [-0.2, -0.15) is 0 Å². The van der Waals surface area contributed by atoms with Gasteiger partial charge >= 0.3 is 0 Å². The molecule has 1 amide bonds. The van der Waals surface area contributed by atoms with E-state index in [4.69, 9.17) is 28.4 Å². The summed E-state index contributed by atoms with van der Waals surface area (Å²) < 4.78 is 34.3. The third-order valence-electron chi connectivity index (χ3n) is 16.2. The number of amides is 1. The zero-order valence-corrected chi connectivity index (χ0v) is 54.8. The van der Waals surface area contributed by atoms with Crippen LogP contribution >= 0.6 is 0 Å². The fraction of sp³-hybridized carbons (Fsp3) is 0.708. The van der Waals surface area contributed by atoms with E-state index in [0.29, 0.717) is 12.8 Å². The summed E-state index contributed by atoms with van der Waals surface area (Å²) in [7, 11) is 0. The molecule has 17 unspecified atom stereocenters. The molecule has 12 N–H and O–H groups in total. The number of nitrogens with one attached hydrogen (secondary N) is 1. The first-order valence-electron chi connectivity index (χ1n) is 34.3. The minimum atomic E-state index is -1.99. The average molecular weight is 1290 g/mol. The lowest BCUT2D eigenvalue weighted by Gasteiger charge is -2.48. The Morgan fingerprint density at radius 2 is 0.769 bits per heavy atom. The molecule has 3 saturated heterocycles. The second-order valence-corrected chi connectivity index (χ2v) is 23.9. The topological polar surface area (TPSA) is 307 Å². The highest BCUT2D eigenvalue weighted by Gasteiger charge is 2.53. The lowest BCUT2D eigenvalue weighted by atomic mass is 9.96. The van der Waals surface area contributed by atoms with Crippen LogP contribution in [0, 0.1) is 0 Å². The Bertz CT molecular complexity index is 2120. The van der Waals surface area contributed by atoms with E-state index in [0.717, 1.165) is 103 Å². The number of aliphatic hydroxyl groups excluding tert-OH is 11. The van der Waals surface area contributed by atoms with Crippen molar-refractivity contribution in [3.05, 3.63) is 122 Å². The van der Waals surface area contributed by atoms with Crippen molar-refractivity contribution in [1.29, 1.82) is 0 Å². The maximum atomic E-state index is 13.4. The van der Waals surface area contributed by atoms with Gasteiger partial charge in [-0.15, -0.1) is 0 Å². The van der Waals surface area contributed by atoms with Gasteiger partial charge in [0, 0.05) is 6.42 Å². The Morgan fingerprint density at radius 1 is 0.407 bits per heavy atom. The van der Waals surface area contributed by atoms with E-state index >= 15 is 0 Å². The SMILES string of the molecule is CC/C=C\C/C=C\C/C=C\C/C=C\C/C=C\C/C=C\C/C=C\CCCCCCCCCCCC(=O)NC(COC1OC(CO)C(OC2OC(CO)C(OC3OC(CO)C(O)C(O)C3O)C(O)C2O)C(O)C1O)C(O)/C=C/CC/C=C/CC/C=C/CCCCCCC. The first kappa shape index (κ1) is 81.4. The Labute approximate surface area is 544 Å². The summed E-state index contributed by atoms with van der Waals surface area (Å²) in [5.41, 5.74) is 0. The van der Waals surface area contributed by atoms with Gasteiger partial charge in [0.1, 0.15) is 73.2 Å². The molecule has 0 radical (unpaired) electrons. The van der Waals surface area contributed by atoms with Crippen LogP contribution < -0.4 is 5.32 Å². The third kappa shape index (κ3) is 34.4. The Hall–Kier alpha value is -3.81. The second kappa shape index (κ2) is 52.5. The molecule has 3 aliphatic rings. The quantitative estimate of drug-likeness (QED) is 0.0200. The molecule has 0 bridgehead atoms. The van der Waals surface area contributed by atoms with Crippen LogP contribution in [0.4, 0.5) is 0 Å². The van der Waals surface area contributed by atoms with Gasteiger partial charge in [-0.05, 0) is 103 Å². The molecule has 19 heteroatoms. The second-order valence-electron chi connectivity index (χ2n) is 23.9. The zero-order chi connectivity index (χ0) is 66.1. The summed E-state index contributed by atoms with van der Waals surface area (Å²) in [5.74, 6) is -0.303. The van der Waals surface area contributed by atoms with Crippen LogP contribution in [0.3, 0.4) is 0 Å². The van der Waals surface area contributed by atoms with Crippen LogP contribution in [0.1, 0.15) is 194 Å². The van der Waals surface area contributed by atoms with Crippen molar-refractivity contribution in [3.8, 4) is 0 Å². The first-order chi connectivity index (χ1) is 44.3. The molecule has 0 aromatic carbocycles. The van der Waals surface area contributed by atoms with Crippen molar-refractivity contribution in [2.75, 3.05) is 26.4 Å². The van der Waals surface area contributed by atoms with Gasteiger partial charge < -0.3 is 89.9 Å². The number of hydrogen-bond acceptors (Lipinski definition) is 18. The average Bonchev–Trinajstić information content (AvgIpc) is 0.876. The van der Waals surface area contributed by atoms with Crippen molar-refractivity contribution in [2.45, 2.75) is 298 Å². The van der Waals surface area contributed by atoms with E-state index < -0.39 is 124 Å². The largest absolute Gasteiger partial charge is 0.394 e. The lowest BCUT2D eigenvalue weighted by Crippen LogP contribution is -2.66. The summed E-state index contributed by atoms with van der Waals surface area (Å²) in [4.78, 5) is 13.4. The Kier molecular flexibility index (Phi) is 46.9. The van der Waals surface area contributed by atoms with Crippen molar-refractivity contribution in [1.82, 2.24) is 5.32 Å². The van der Waals surface area contributed by atoms with Crippen molar-refractivity contribution in [2.24, 2.45) is 0 Å². The molecular formula is C72H119NO18. The highest BCUT2D eigenvalue weighted by atomic mass is 16.8. The van der Waals surface area contributed by atoms with Crippen molar-refractivity contribution in [3.63, 3.8) is 0 Å². The molecule has 0 aliphatic carbocycles. The highest BCUT2D eigenvalue weighted by Crippen LogP contribution is 2.33. The number of hydrogen-bond donors (Lipinski definition) is 12. The van der Waals surface area contributed by atoms with Gasteiger partial charge in [-0.3, -0.25) is 4.79 Å². The normalized spacial score (nSPS) is 28.6. The van der Waals surface area contributed by atoms with E-state index in [1.54, 1.807) is 6.08 Å². The molecule has 17 atom stereocenters. The van der Waals surface area contributed by atoms with E-state index in [9.17, 15) is 61.0 Å². The van der Waals surface area contributed by atoms with Crippen LogP contribution in [0.2, 0.25) is 0 Å². The number of allylic oxidation sites excluding steroid dienone is 19. The van der Waals surface area contributed by atoms with E-state index in [1.807, 2.05) is 6.08 Å². The predicted octanol–water partition coefficient (Wildman–Crippen LogP) is 8.82. The van der Waals surface area contributed by atoms with Gasteiger partial charge in [0.05, 0.1) is 38.6 Å². The molecule has 3 aliphatic heterocycles. The molecule has 3 heterocycles. The van der Waals surface area contributed by atoms with Gasteiger partial charge in [-0.25, -0.2) is 0 Å². The molecule has 19 nitrogen and oxygen atoms in total. The lowest BCUT2D eigenvalue weighted by molar-refractivity contribution is -0.379. The van der Waals surface area contributed by atoms with E-state index in [2.05, 4.69) is 129 Å². The molecular weight excluding hydrogens is 1170 g/mol. The Morgan fingerprint density at radius 3 is 1.23 bits per heavy atom. The van der Waals surface area contributed by atoms with Crippen molar-refractivity contribution < 1.29 is 89.4 Å². The monoisotopic (exact) mass is 1290 g/mol. The fourth-order valence-corrected chi connectivity index (χ4v) is 10.7. The van der Waals surface area contributed by atoms with Crippen LogP contribution in [0.5, 0.6) is 0 Å². The molecule has 0 aromatic rings. The first-order valence-corrected chi connectivity index (χ1v) is 34.3. The van der Waals surface area contributed by atoms with Gasteiger partial charge in [0.2, 0.25) is 5.91 Å². The number of rotatable bonds is 50.